The summed E-state index contributed by atoms with van der Waals surface area (Å²) in [6.07, 6.45) is -9.71. The molecule has 0 bridgehead atoms. The van der Waals surface area contributed by atoms with E-state index in [1.165, 1.54) is 24.3 Å². The van der Waals surface area contributed by atoms with Crippen LogP contribution in [0.2, 0.25) is 0 Å². The molecule has 1 aliphatic carbocycles. The second kappa shape index (κ2) is 18.4. The van der Waals surface area contributed by atoms with Crippen LogP contribution in [0, 0.1) is 11.6 Å². The summed E-state index contributed by atoms with van der Waals surface area (Å²) in [5.74, 6) is -6.49. The summed E-state index contributed by atoms with van der Waals surface area (Å²) >= 11 is 0. The molecule has 1 fully saturated rings. The van der Waals surface area contributed by atoms with E-state index in [2.05, 4.69) is 22.6 Å². The molecule has 0 aromatic heterocycles. The van der Waals surface area contributed by atoms with Crippen LogP contribution in [0.15, 0.2) is 60.7 Å². The molecule has 3 rings (SSSR count). The molecule has 0 spiro atoms. The Balaban J connectivity index is 1.32. The van der Waals surface area contributed by atoms with E-state index in [-0.39, 0.29) is 48.3 Å². The fraction of sp³-hybridized carbons (Fsp3) is 0.412. The van der Waals surface area contributed by atoms with Crippen molar-refractivity contribution in [3.63, 3.8) is 0 Å². The first-order chi connectivity index (χ1) is 24.3. The maximum atomic E-state index is 14.5. The number of rotatable bonds is 16. The van der Waals surface area contributed by atoms with Crippen molar-refractivity contribution < 1.29 is 82.7 Å². The van der Waals surface area contributed by atoms with Crippen molar-refractivity contribution in [2.75, 3.05) is 13.6 Å². The Morgan fingerprint density at radius 2 is 0.962 bits per heavy atom. The van der Waals surface area contributed by atoms with E-state index in [9.17, 15) is 54.3 Å². The number of aryl methyl sites for hydroxylation is 2. The first-order valence-corrected chi connectivity index (χ1v) is 15.4. The van der Waals surface area contributed by atoms with Gasteiger partial charge < -0.3 is 28.4 Å². The fourth-order valence-corrected chi connectivity index (χ4v) is 4.58. The van der Waals surface area contributed by atoms with Crippen LogP contribution in [0.3, 0.4) is 0 Å². The number of hydrogen-bond donors (Lipinski definition) is 0. The molecule has 0 N–H and O–H groups in total. The van der Waals surface area contributed by atoms with Crippen molar-refractivity contribution in [1.29, 1.82) is 0 Å². The third-order valence-corrected chi connectivity index (χ3v) is 7.47. The van der Waals surface area contributed by atoms with Crippen LogP contribution >= 0.6 is 0 Å². The number of esters is 4. The van der Waals surface area contributed by atoms with Gasteiger partial charge >= 0.3 is 36.2 Å². The molecule has 1 aliphatic rings. The minimum Gasteiger partial charge on any atom is -0.462 e. The van der Waals surface area contributed by atoms with E-state index >= 15 is 0 Å². The van der Waals surface area contributed by atoms with Gasteiger partial charge in [-0.3, -0.25) is 9.59 Å². The van der Waals surface area contributed by atoms with Gasteiger partial charge in [0.25, 0.3) is 0 Å². The second-order valence-corrected chi connectivity index (χ2v) is 11.2. The van der Waals surface area contributed by atoms with Crippen LogP contribution in [-0.2, 0) is 51.0 Å². The molecule has 10 nitrogen and oxygen atoms in total. The second-order valence-electron chi connectivity index (χ2n) is 11.2. The molecule has 1 saturated carbocycles. The summed E-state index contributed by atoms with van der Waals surface area (Å²) in [6, 6.07) is 6.95. The minimum atomic E-state index is -4.97. The molecule has 0 unspecified atom stereocenters. The van der Waals surface area contributed by atoms with E-state index in [0.717, 1.165) is 12.1 Å². The maximum Gasteiger partial charge on any atom is 0.422 e. The van der Waals surface area contributed by atoms with Gasteiger partial charge in [0.15, 0.2) is 0 Å². The highest BCUT2D eigenvalue weighted by molar-refractivity contribution is 5.89. The van der Waals surface area contributed by atoms with Crippen molar-refractivity contribution >= 4 is 23.9 Å². The summed E-state index contributed by atoms with van der Waals surface area (Å²) in [5.41, 5.74) is -3.19. The van der Waals surface area contributed by atoms with Gasteiger partial charge in [0, 0.05) is 25.0 Å². The van der Waals surface area contributed by atoms with Gasteiger partial charge in [-0.2, -0.15) is 26.3 Å². The standard InChI is InChI=1S/C34H32F8O10/c1-19(33(37,38)39)31(45)49-17-47-25-7-3-21(27(35)15-25)5-13-29(43)51-23-9-11-24(12-10-23)52-30(44)14-6-22-4-8-26(16-28(22)36)48-18-50-32(46)20(2)34(40,41)42/h3-4,7-8,15-16,23-24H,1-2,5-6,9-14,17-18H2. The molecule has 284 valence electrons. The Hall–Kier alpha value is -5.16. The highest BCUT2D eigenvalue weighted by Crippen LogP contribution is 2.28. The summed E-state index contributed by atoms with van der Waals surface area (Å²) in [6.45, 7) is 3.33. The van der Waals surface area contributed by atoms with Crippen molar-refractivity contribution in [3.8, 4) is 11.5 Å². The lowest BCUT2D eigenvalue weighted by molar-refractivity contribution is -0.158. The van der Waals surface area contributed by atoms with Crippen molar-refractivity contribution in [2.45, 2.75) is 75.9 Å². The van der Waals surface area contributed by atoms with Gasteiger partial charge in [-0.1, -0.05) is 25.3 Å². The van der Waals surface area contributed by atoms with E-state index in [1.807, 2.05) is 0 Å². The molecule has 52 heavy (non-hydrogen) atoms. The summed E-state index contributed by atoms with van der Waals surface area (Å²) in [7, 11) is 0. The number of ether oxygens (including phenoxy) is 6. The lowest BCUT2D eigenvalue weighted by Gasteiger charge is -2.28. The maximum absolute atomic E-state index is 14.5. The predicted molar refractivity (Wildman–Crippen MR) is 161 cm³/mol. The zero-order valence-electron chi connectivity index (χ0n) is 27.2. The zero-order chi connectivity index (χ0) is 38.6. The number of carbonyl (C=O) groups is 4. The predicted octanol–water partition coefficient (Wildman–Crippen LogP) is 6.92. The van der Waals surface area contributed by atoms with E-state index < -0.39 is 84.8 Å². The van der Waals surface area contributed by atoms with Crippen molar-refractivity contribution in [1.82, 2.24) is 0 Å². The van der Waals surface area contributed by atoms with Crippen LogP contribution in [0.1, 0.15) is 49.7 Å². The fourth-order valence-electron chi connectivity index (χ4n) is 4.58. The molecule has 2 aromatic carbocycles. The zero-order valence-corrected chi connectivity index (χ0v) is 27.2. The van der Waals surface area contributed by atoms with Gasteiger partial charge in [-0.05, 0) is 61.8 Å². The van der Waals surface area contributed by atoms with Gasteiger partial charge in [0.2, 0.25) is 13.6 Å². The average molecular weight is 753 g/mol. The van der Waals surface area contributed by atoms with E-state index in [0.29, 0.717) is 25.7 Å². The highest BCUT2D eigenvalue weighted by Gasteiger charge is 2.39. The molecule has 0 heterocycles. The normalized spacial score (nSPS) is 15.9. The van der Waals surface area contributed by atoms with Crippen molar-refractivity contribution in [2.24, 2.45) is 0 Å². The number of halogens is 8. The first kappa shape index (κ1) is 41.3. The van der Waals surface area contributed by atoms with Crippen LogP contribution in [0.4, 0.5) is 35.1 Å². The highest BCUT2D eigenvalue weighted by atomic mass is 19.4. The van der Waals surface area contributed by atoms with Crippen LogP contribution in [0.5, 0.6) is 11.5 Å². The number of benzene rings is 2. The third-order valence-electron chi connectivity index (χ3n) is 7.47. The summed E-state index contributed by atoms with van der Waals surface area (Å²) in [5, 5.41) is 0. The Morgan fingerprint density at radius 1 is 0.615 bits per heavy atom. The van der Waals surface area contributed by atoms with Gasteiger partial charge in [0.1, 0.15) is 46.5 Å². The molecule has 18 heteroatoms. The van der Waals surface area contributed by atoms with Gasteiger partial charge in [-0.25, -0.2) is 18.4 Å². The Labute approximate surface area is 291 Å². The quantitative estimate of drug-likeness (QED) is 0.0587. The van der Waals surface area contributed by atoms with Gasteiger partial charge in [0.05, 0.1) is 0 Å². The topological polar surface area (TPSA) is 124 Å². The largest absolute Gasteiger partial charge is 0.462 e. The van der Waals surface area contributed by atoms with E-state index in [1.54, 1.807) is 0 Å². The minimum absolute atomic E-state index is 0.0358. The smallest absolute Gasteiger partial charge is 0.422 e. The molecular formula is C34H32F8O10. The molecule has 0 aliphatic heterocycles. The van der Waals surface area contributed by atoms with Crippen LogP contribution in [-0.4, -0.2) is 62.0 Å². The SMILES string of the molecule is C=C(C(=O)OCOc1ccc(CCC(=O)OC2CCC(OC(=O)CCc3ccc(OCOC(=O)C(=C)C(F)(F)F)cc3F)CC2)c(F)c1)C(F)(F)F. The Morgan fingerprint density at radius 3 is 1.27 bits per heavy atom. The summed E-state index contributed by atoms with van der Waals surface area (Å²) in [4.78, 5) is 47.3. The number of carbonyl (C=O) groups excluding carboxylic acids is 4. The lowest BCUT2D eigenvalue weighted by atomic mass is 9.95. The Bertz CT molecular complexity index is 1510. The third kappa shape index (κ3) is 13.2. The number of alkyl halides is 6. The van der Waals surface area contributed by atoms with Crippen LogP contribution < -0.4 is 9.47 Å². The van der Waals surface area contributed by atoms with E-state index in [4.69, 9.17) is 18.9 Å². The van der Waals surface area contributed by atoms with Crippen LogP contribution in [0.25, 0.3) is 0 Å². The summed E-state index contributed by atoms with van der Waals surface area (Å²) < 4.78 is 133. The van der Waals surface area contributed by atoms with Gasteiger partial charge in [-0.15, -0.1) is 0 Å². The number of hydrogen-bond acceptors (Lipinski definition) is 10. The molecule has 0 radical (unpaired) electrons. The molecular weight excluding hydrogens is 720 g/mol. The Kier molecular flexibility index (Phi) is 14.6. The molecule has 0 amide bonds. The molecule has 2 aromatic rings. The molecule has 0 atom stereocenters. The first-order valence-electron chi connectivity index (χ1n) is 15.4. The monoisotopic (exact) mass is 752 g/mol. The molecule has 0 saturated heterocycles. The van der Waals surface area contributed by atoms with Crippen molar-refractivity contribution in [3.05, 3.63) is 83.5 Å². The average Bonchev–Trinajstić information content (AvgIpc) is 3.06. The lowest BCUT2D eigenvalue weighted by Crippen LogP contribution is -2.30.